The predicted molar refractivity (Wildman–Crippen MR) is 91.6 cm³/mol. The van der Waals surface area contributed by atoms with E-state index < -0.39 is 0 Å². The van der Waals surface area contributed by atoms with Crippen molar-refractivity contribution in [2.45, 2.75) is 25.9 Å². The molecule has 2 aromatic rings. The number of aromatic nitrogens is 2. The molecule has 6 nitrogen and oxygen atoms in total. The van der Waals surface area contributed by atoms with Crippen LogP contribution < -0.4 is 10.9 Å². The van der Waals surface area contributed by atoms with Crippen molar-refractivity contribution in [3.63, 3.8) is 0 Å². The zero-order chi connectivity index (χ0) is 16.9. The van der Waals surface area contributed by atoms with E-state index in [1.54, 1.807) is 12.1 Å². The van der Waals surface area contributed by atoms with Crippen LogP contribution in [0.3, 0.4) is 0 Å². The minimum absolute atomic E-state index is 0.0806. The molecule has 6 heteroatoms. The third kappa shape index (κ3) is 3.89. The van der Waals surface area contributed by atoms with Crippen LogP contribution in [0.1, 0.15) is 29.4 Å². The molecule has 2 atom stereocenters. The van der Waals surface area contributed by atoms with Crippen LogP contribution in [-0.2, 0) is 6.54 Å². The summed E-state index contributed by atoms with van der Waals surface area (Å²) in [6.07, 6.45) is 4.20. The largest absolute Gasteiger partial charge is 0.349 e. The van der Waals surface area contributed by atoms with E-state index in [1.165, 1.54) is 6.20 Å². The number of rotatable bonds is 4. The first-order valence-electron chi connectivity index (χ1n) is 8.24. The molecule has 3 heterocycles. The monoisotopic (exact) mass is 326 g/mol. The lowest BCUT2D eigenvalue weighted by Crippen LogP contribution is -2.50. The maximum atomic E-state index is 12.3. The highest BCUT2D eigenvalue weighted by Gasteiger charge is 2.28. The first-order valence-corrected chi connectivity index (χ1v) is 8.24. The summed E-state index contributed by atoms with van der Waals surface area (Å²) in [5.74, 6) is 0.0149. The fourth-order valence-electron chi connectivity index (χ4n) is 3.16. The number of carbonyl (C=O) groups is 1. The van der Waals surface area contributed by atoms with Gasteiger partial charge in [-0.3, -0.25) is 19.5 Å². The van der Waals surface area contributed by atoms with E-state index in [1.807, 2.05) is 24.4 Å². The van der Waals surface area contributed by atoms with Gasteiger partial charge in [0, 0.05) is 38.1 Å². The number of amides is 1. The molecular weight excluding hydrogens is 304 g/mol. The molecule has 0 aliphatic carbocycles. The summed E-state index contributed by atoms with van der Waals surface area (Å²) in [5, 5.41) is 3.01. The molecular formula is C18H22N4O2. The molecule has 0 spiro atoms. The van der Waals surface area contributed by atoms with Gasteiger partial charge in [0.1, 0.15) is 5.56 Å². The highest BCUT2D eigenvalue weighted by atomic mass is 16.2. The summed E-state index contributed by atoms with van der Waals surface area (Å²) in [4.78, 5) is 33.3. The molecule has 3 rings (SSSR count). The predicted octanol–water partition coefficient (Wildman–Crippen LogP) is 1.41. The van der Waals surface area contributed by atoms with Gasteiger partial charge in [0.15, 0.2) is 0 Å². The van der Waals surface area contributed by atoms with Crippen molar-refractivity contribution >= 4 is 5.91 Å². The fourth-order valence-corrected chi connectivity index (χ4v) is 3.16. The minimum atomic E-state index is -0.352. The van der Waals surface area contributed by atoms with Gasteiger partial charge in [0.05, 0.1) is 5.69 Å². The van der Waals surface area contributed by atoms with Gasteiger partial charge in [-0.2, -0.15) is 0 Å². The SMILES string of the molecule is C[C@H]1CN(Cc2ccccn2)CC[C@H]1NC(=O)c1ccc[nH]c1=O. The molecule has 24 heavy (non-hydrogen) atoms. The quantitative estimate of drug-likeness (QED) is 0.890. The molecule has 1 aliphatic heterocycles. The number of aromatic amines is 1. The van der Waals surface area contributed by atoms with E-state index in [0.29, 0.717) is 5.92 Å². The molecule has 1 aliphatic rings. The summed E-state index contributed by atoms with van der Waals surface area (Å²) in [5.41, 5.74) is 0.874. The van der Waals surface area contributed by atoms with E-state index in [4.69, 9.17) is 0 Å². The fraction of sp³-hybridized carbons (Fsp3) is 0.389. The van der Waals surface area contributed by atoms with E-state index in [-0.39, 0.29) is 23.1 Å². The number of likely N-dealkylation sites (tertiary alicyclic amines) is 1. The van der Waals surface area contributed by atoms with Crippen LogP contribution in [0.4, 0.5) is 0 Å². The molecule has 0 aromatic carbocycles. The Labute approximate surface area is 140 Å². The van der Waals surface area contributed by atoms with E-state index in [0.717, 1.165) is 31.7 Å². The maximum Gasteiger partial charge on any atom is 0.260 e. The Morgan fingerprint density at radius 3 is 2.96 bits per heavy atom. The number of H-pyrrole nitrogens is 1. The van der Waals surface area contributed by atoms with Crippen molar-refractivity contribution in [3.8, 4) is 0 Å². The minimum Gasteiger partial charge on any atom is -0.349 e. The van der Waals surface area contributed by atoms with Gasteiger partial charge in [-0.25, -0.2) is 0 Å². The van der Waals surface area contributed by atoms with Gasteiger partial charge < -0.3 is 10.3 Å². The molecule has 0 bridgehead atoms. The number of hydrogen-bond acceptors (Lipinski definition) is 4. The zero-order valence-electron chi connectivity index (χ0n) is 13.7. The lowest BCUT2D eigenvalue weighted by atomic mass is 9.93. The Hall–Kier alpha value is -2.47. The Morgan fingerprint density at radius 1 is 1.38 bits per heavy atom. The lowest BCUT2D eigenvalue weighted by molar-refractivity contribution is 0.0858. The number of nitrogens with zero attached hydrogens (tertiary/aromatic N) is 2. The average molecular weight is 326 g/mol. The van der Waals surface area contributed by atoms with Crippen LogP contribution >= 0.6 is 0 Å². The summed E-state index contributed by atoms with van der Waals surface area (Å²) in [7, 11) is 0. The standard InChI is InChI=1S/C18H22N4O2/c1-13-11-22(12-14-5-2-3-8-19-14)10-7-16(13)21-18(24)15-6-4-9-20-17(15)23/h2-6,8-9,13,16H,7,10-12H2,1H3,(H,20,23)(H,21,24)/t13-,16+/m0/s1. The van der Waals surface area contributed by atoms with Crippen LogP contribution in [0.2, 0.25) is 0 Å². The molecule has 2 N–H and O–H groups in total. The van der Waals surface area contributed by atoms with Gasteiger partial charge in [-0.05, 0) is 36.6 Å². The zero-order valence-corrected chi connectivity index (χ0v) is 13.7. The third-order valence-corrected chi connectivity index (χ3v) is 4.48. The first kappa shape index (κ1) is 16.4. The molecule has 1 amide bonds. The second-order valence-electron chi connectivity index (χ2n) is 6.32. The van der Waals surface area contributed by atoms with Gasteiger partial charge in [-0.1, -0.05) is 13.0 Å². The van der Waals surface area contributed by atoms with Gasteiger partial charge in [0.25, 0.3) is 11.5 Å². The van der Waals surface area contributed by atoms with Crippen LogP contribution in [-0.4, -0.2) is 39.9 Å². The lowest BCUT2D eigenvalue weighted by Gasteiger charge is -2.37. The van der Waals surface area contributed by atoms with Crippen molar-refractivity contribution < 1.29 is 4.79 Å². The first-order chi connectivity index (χ1) is 11.6. The molecule has 1 fully saturated rings. The van der Waals surface area contributed by atoms with E-state index in [9.17, 15) is 9.59 Å². The van der Waals surface area contributed by atoms with Gasteiger partial charge >= 0.3 is 0 Å². The van der Waals surface area contributed by atoms with Crippen molar-refractivity contribution in [1.82, 2.24) is 20.2 Å². The smallest absolute Gasteiger partial charge is 0.260 e. The average Bonchev–Trinajstić information content (AvgIpc) is 2.58. The Balaban J connectivity index is 1.57. The second-order valence-corrected chi connectivity index (χ2v) is 6.32. The van der Waals surface area contributed by atoms with Crippen molar-refractivity contribution in [2.24, 2.45) is 5.92 Å². The number of carbonyl (C=O) groups excluding carboxylic acids is 1. The number of pyridine rings is 2. The normalized spacial score (nSPS) is 21.4. The van der Waals surface area contributed by atoms with Gasteiger partial charge in [-0.15, -0.1) is 0 Å². The van der Waals surface area contributed by atoms with Crippen molar-refractivity contribution in [2.75, 3.05) is 13.1 Å². The number of piperidine rings is 1. The van der Waals surface area contributed by atoms with E-state index >= 15 is 0 Å². The Kier molecular flexibility index (Phi) is 5.05. The summed E-state index contributed by atoms with van der Waals surface area (Å²) < 4.78 is 0. The molecule has 2 aromatic heterocycles. The summed E-state index contributed by atoms with van der Waals surface area (Å²) in [6.45, 7) is 4.75. The highest BCUT2D eigenvalue weighted by Crippen LogP contribution is 2.18. The molecule has 0 unspecified atom stereocenters. The molecule has 126 valence electrons. The van der Waals surface area contributed by atoms with Crippen LogP contribution in [0, 0.1) is 5.92 Å². The topological polar surface area (TPSA) is 78.1 Å². The Morgan fingerprint density at radius 2 is 2.25 bits per heavy atom. The van der Waals surface area contributed by atoms with Crippen LogP contribution in [0.15, 0.2) is 47.5 Å². The maximum absolute atomic E-state index is 12.3. The summed E-state index contributed by atoms with van der Waals surface area (Å²) >= 11 is 0. The molecule has 0 radical (unpaired) electrons. The number of hydrogen-bond donors (Lipinski definition) is 2. The Bertz CT molecular complexity index is 744. The highest BCUT2D eigenvalue weighted by molar-refractivity contribution is 5.93. The molecule has 1 saturated heterocycles. The summed E-state index contributed by atoms with van der Waals surface area (Å²) in [6, 6.07) is 9.23. The van der Waals surface area contributed by atoms with Crippen LogP contribution in [0.5, 0.6) is 0 Å². The van der Waals surface area contributed by atoms with Crippen molar-refractivity contribution in [3.05, 3.63) is 64.3 Å². The second kappa shape index (κ2) is 7.40. The van der Waals surface area contributed by atoms with Gasteiger partial charge in [0.2, 0.25) is 0 Å². The van der Waals surface area contributed by atoms with Crippen LogP contribution in [0.25, 0.3) is 0 Å². The third-order valence-electron chi connectivity index (χ3n) is 4.48. The van der Waals surface area contributed by atoms with Crippen molar-refractivity contribution in [1.29, 1.82) is 0 Å². The number of nitrogens with one attached hydrogen (secondary N) is 2. The molecule has 0 saturated carbocycles. The van der Waals surface area contributed by atoms with E-state index in [2.05, 4.69) is 27.1 Å².